The van der Waals surface area contributed by atoms with Gasteiger partial charge in [0.2, 0.25) is 0 Å². The van der Waals surface area contributed by atoms with Crippen LogP contribution in [0.5, 0.6) is 0 Å². The number of benzene rings is 1. The molecule has 0 aliphatic heterocycles. The first kappa shape index (κ1) is 14.9. The lowest BCUT2D eigenvalue weighted by Gasteiger charge is -2.30. The molecule has 0 spiro atoms. The summed E-state index contributed by atoms with van der Waals surface area (Å²) >= 11 is 0. The summed E-state index contributed by atoms with van der Waals surface area (Å²) in [5.74, 6) is -1.55. The van der Waals surface area contributed by atoms with E-state index in [9.17, 15) is 13.6 Å². The van der Waals surface area contributed by atoms with Crippen LogP contribution in [0.25, 0.3) is 0 Å². The molecule has 0 heterocycles. The highest BCUT2D eigenvalue weighted by atomic mass is 19.1. The summed E-state index contributed by atoms with van der Waals surface area (Å²) < 4.78 is 32.0. The highest BCUT2D eigenvalue weighted by molar-refractivity contribution is 5.83. The second-order valence-electron chi connectivity index (χ2n) is 5.31. The number of halogens is 2. The zero-order valence-corrected chi connectivity index (χ0v) is 11.5. The van der Waals surface area contributed by atoms with Crippen molar-refractivity contribution >= 4 is 5.97 Å². The number of ether oxygens (including phenoxy) is 1. The second-order valence-corrected chi connectivity index (χ2v) is 5.31. The van der Waals surface area contributed by atoms with Crippen molar-refractivity contribution in [3.05, 3.63) is 35.4 Å². The monoisotopic (exact) mass is 283 g/mol. The minimum atomic E-state index is -1.15. The number of nitrogens with two attached hydrogens (primary N) is 1. The van der Waals surface area contributed by atoms with Crippen molar-refractivity contribution in [1.29, 1.82) is 0 Å². The fourth-order valence-electron chi connectivity index (χ4n) is 2.52. The fourth-order valence-corrected chi connectivity index (χ4v) is 2.52. The van der Waals surface area contributed by atoms with E-state index in [0.29, 0.717) is 12.3 Å². The Morgan fingerprint density at radius 1 is 1.35 bits per heavy atom. The van der Waals surface area contributed by atoms with Gasteiger partial charge in [-0.2, -0.15) is 0 Å². The van der Waals surface area contributed by atoms with Gasteiger partial charge in [0.05, 0.1) is 6.61 Å². The molecular weight excluding hydrogens is 264 g/mol. The second kappa shape index (κ2) is 5.87. The molecular formula is C15H19F2NO2. The summed E-state index contributed by atoms with van der Waals surface area (Å²) in [6.07, 6.45) is 2.50. The van der Waals surface area contributed by atoms with Gasteiger partial charge < -0.3 is 10.5 Å². The maximum atomic E-state index is 13.5. The van der Waals surface area contributed by atoms with Crippen LogP contribution in [0.4, 0.5) is 8.78 Å². The molecule has 1 unspecified atom stereocenters. The molecule has 1 aromatic carbocycles. The summed E-state index contributed by atoms with van der Waals surface area (Å²) in [4.78, 5) is 12.3. The number of esters is 1. The quantitative estimate of drug-likeness (QED) is 0.816. The van der Waals surface area contributed by atoms with Crippen molar-refractivity contribution in [2.45, 2.75) is 31.6 Å². The molecule has 1 fully saturated rings. The number of hydrogen-bond donors (Lipinski definition) is 1. The molecule has 0 saturated heterocycles. The van der Waals surface area contributed by atoms with Crippen LogP contribution in [0.15, 0.2) is 18.2 Å². The molecule has 110 valence electrons. The minimum absolute atomic E-state index is 0.0226. The van der Waals surface area contributed by atoms with Crippen molar-refractivity contribution in [2.24, 2.45) is 11.7 Å². The Hall–Kier alpha value is -1.49. The predicted molar refractivity (Wildman–Crippen MR) is 71.1 cm³/mol. The molecule has 1 aromatic rings. The van der Waals surface area contributed by atoms with E-state index in [4.69, 9.17) is 10.5 Å². The molecule has 0 aromatic heterocycles. The van der Waals surface area contributed by atoms with Crippen molar-refractivity contribution in [2.75, 3.05) is 13.2 Å². The normalized spacial score (nSPS) is 17.6. The molecule has 0 amide bonds. The van der Waals surface area contributed by atoms with Crippen LogP contribution in [-0.4, -0.2) is 19.1 Å². The van der Waals surface area contributed by atoms with Gasteiger partial charge in [0.25, 0.3) is 0 Å². The van der Waals surface area contributed by atoms with E-state index in [1.54, 1.807) is 6.92 Å². The molecule has 2 rings (SSSR count). The minimum Gasteiger partial charge on any atom is -0.465 e. The molecule has 3 nitrogen and oxygen atoms in total. The Bertz CT molecular complexity index is 482. The van der Waals surface area contributed by atoms with Crippen molar-refractivity contribution in [3.63, 3.8) is 0 Å². The average Bonchev–Trinajstić information content (AvgIpc) is 3.18. The van der Waals surface area contributed by atoms with Gasteiger partial charge in [-0.3, -0.25) is 4.79 Å². The van der Waals surface area contributed by atoms with Crippen LogP contribution in [0.1, 0.15) is 31.7 Å². The summed E-state index contributed by atoms with van der Waals surface area (Å²) in [6, 6.07) is 3.14. The number of hydrogen-bond acceptors (Lipinski definition) is 3. The Kier molecular flexibility index (Phi) is 4.38. The predicted octanol–water partition coefficient (Wildman–Crippen LogP) is 2.52. The maximum absolute atomic E-state index is 13.5. The first-order valence-electron chi connectivity index (χ1n) is 6.85. The maximum Gasteiger partial charge on any atom is 0.317 e. The molecule has 5 heteroatoms. The third kappa shape index (κ3) is 2.98. The first-order chi connectivity index (χ1) is 9.51. The van der Waals surface area contributed by atoms with E-state index in [-0.39, 0.29) is 18.7 Å². The van der Waals surface area contributed by atoms with Crippen LogP contribution in [0.3, 0.4) is 0 Å². The smallest absolute Gasteiger partial charge is 0.317 e. The lowest BCUT2D eigenvalue weighted by molar-refractivity contribution is -0.150. The molecule has 1 aliphatic rings. The molecule has 1 atom stereocenters. The van der Waals surface area contributed by atoms with Gasteiger partial charge in [0.15, 0.2) is 0 Å². The van der Waals surface area contributed by atoms with E-state index >= 15 is 0 Å². The van der Waals surface area contributed by atoms with Crippen LogP contribution in [-0.2, 0) is 14.9 Å². The van der Waals surface area contributed by atoms with Gasteiger partial charge in [-0.1, -0.05) is 12.8 Å². The zero-order valence-electron chi connectivity index (χ0n) is 11.5. The first-order valence-corrected chi connectivity index (χ1v) is 6.85. The fraction of sp³-hybridized carbons (Fsp3) is 0.533. The molecule has 0 radical (unpaired) electrons. The molecule has 1 saturated carbocycles. The summed E-state index contributed by atoms with van der Waals surface area (Å²) in [5.41, 5.74) is 4.92. The number of carbonyl (C=O) groups excluding carboxylic acids is 1. The SMILES string of the molecule is CCOC(=O)C(CN)(CC1CC1)c1cc(F)cc(F)c1. The summed E-state index contributed by atoms with van der Waals surface area (Å²) in [7, 11) is 0. The highest BCUT2D eigenvalue weighted by Gasteiger charge is 2.45. The Morgan fingerprint density at radius 2 is 1.95 bits per heavy atom. The standard InChI is InChI=1S/C15H19F2NO2/c1-2-20-14(19)15(9-18,8-10-3-4-10)11-5-12(16)7-13(17)6-11/h5-7,10H,2-4,8-9,18H2,1H3. The van der Waals surface area contributed by atoms with E-state index in [2.05, 4.69) is 0 Å². The Morgan fingerprint density at radius 3 is 2.40 bits per heavy atom. The largest absolute Gasteiger partial charge is 0.465 e. The lowest BCUT2D eigenvalue weighted by atomic mass is 9.76. The Balaban J connectivity index is 2.44. The third-order valence-corrected chi connectivity index (χ3v) is 3.76. The zero-order chi connectivity index (χ0) is 14.8. The molecule has 0 bridgehead atoms. The van der Waals surface area contributed by atoms with Gasteiger partial charge in [-0.25, -0.2) is 8.78 Å². The number of rotatable bonds is 6. The highest BCUT2D eigenvalue weighted by Crippen LogP contribution is 2.42. The van der Waals surface area contributed by atoms with Crippen molar-refractivity contribution in [1.82, 2.24) is 0 Å². The van der Waals surface area contributed by atoms with Gasteiger partial charge >= 0.3 is 5.97 Å². The molecule has 1 aliphatic carbocycles. The van der Waals surface area contributed by atoms with Crippen molar-refractivity contribution in [3.8, 4) is 0 Å². The van der Waals surface area contributed by atoms with Gasteiger partial charge in [0, 0.05) is 12.6 Å². The van der Waals surface area contributed by atoms with Crippen LogP contribution in [0.2, 0.25) is 0 Å². The van der Waals surface area contributed by atoms with Crippen molar-refractivity contribution < 1.29 is 18.3 Å². The van der Waals surface area contributed by atoms with Gasteiger partial charge in [-0.15, -0.1) is 0 Å². The average molecular weight is 283 g/mol. The van der Waals surface area contributed by atoms with Crippen LogP contribution < -0.4 is 5.73 Å². The summed E-state index contributed by atoms with van der Waals surface area (Å²) in [5, 5.41) is 0. The van der Waals surface area contributed by atoms with Gasteiger partial charge in [-0.05, 0) is 37.0 Å². The van der Waals surface area contributed by atoms with Crippen LogP contribution >= 0.6 is 0 Å². The van der Waals surface area contributed by atoms with E-state index in [1.807, 2.05) is 0 Å². The topological polar surface area (TPSA) is 52.3 Å². The Labute approximate surface area is 117 Å². The molecule has 20 heavy (non-hydrogen) atoms. The molecule has 2 N–H and O–H groups in total. The number of carbonyl (C=O) groups is 1. The van der Waals surface area contributed by atoms with E-state index in [1.165, 1.54) is 12.1 Å². The third-order valence-electron chi connectivity index (χ3n) is 3.76. The lowest BCUT2D eigenvalue weighted by Crippen LogP contribution is -2.45. The van der Waals surface area contributed by atoms with Crippen LogP contribution in [0, 0.1) is 17.6 Å². The summed E-state index contributed by atoms with van der Waals surface area (Å²) in [6.45, 7) is 1.89. The van der Waals surface area contributed by atoms with Gasteiger partial charge in [0.1, 0.15) is 17.0 Å². The van der Waals surface area contributed by atoms with E-state index < -0.39 is 23.0 Å². The van der Waals surface area contributed by atoms with E-state index in [0.717, 1.165) is 18.9 Å².